The van der Waals surface area contributed by atoms with Gasteiger partial charge in [0.25, 0.3) is 11.1 Å². The molecule has 10 rings (SSSR count). The van der Waals surface area contributed by atoms with Crippen molar-refractivity contribution >= 4 is 43.6 Å². The molecule has 4 heterocycles. The van der Waals surface area contributed by atoms with E-state index in [-0.39, 0.29) is 11.1 Å². The number of aromatic nitrogens is 6. The second-order valence-electron chi connectivity index (χ2n) is 12.1. The monoisotopic (exact) mass is 632 g/mol. The van der Waals surface area contributed by atoms with Gasteiger partial charge < -0.3 is 4.57 Å². The minimum atomic E-state index is -0.390. The van der Waals surface area contributed by atoms with Gasteiger partial charge in [0.2, 0.25) is 0 Å². The Morgan fingerprint density at radius 2 is 0.918 bits per heavy atom. The quantitative estimate of drug-likeness (QED) is 0.198. The summed E-state index contributed by atoms with van der Waals surface area (Å²) in [7, 11) is 0. The van der Waals surface area contributed by atoms with E-state index in [0.717, 1.165) is 38.6 Å². The van der Waals surface area contributed by atoms with Crippen molar-refractivity contribution in [3.8, 4) is 39.9 Å². The normalized spacial score (nSPS) is 11.8. The van der Waals surface area contributed by atoms with Crippen LogP contribution in [-0.4, -0.2) is 28.5 Å². The summed E-state index contributed by atoms with van der Waals surface area (Å²) in [6.45, 7) is 0. The van der Waals surface area contributed by atoms with Crippen LogP contribution in [0, 0.1) is 0 Å². The van der Waals surface area contributed by atoms with Gasteiger partial charge in [-0.3, -0.25) is 9.59 Å². The van der Waals surface area contributed by atoms with Crippen molar-refractivity contribution in [1.29, 1.82) is 0 Å². The minimum Gasteiger partial charge on any atom is -0.309 e. The summed E-state index contributed by atoms with van der Waals surface area (Å²) in [5.41, 5.74) is 5.92. The Labute approximate surface area is 277 Å². The molecule has 10 aromatic rings. The van der Waals surface area contributed by atoms with Crippen LogP contribution in [0.2, 0.25) is 0 Å². The van der Waals surface area contributed by atoms with Crippen molar-refractivity contribution in [2.75, 3.05) is 0 Å². The molecule has 0 N–H and O–H groups in total. The molecular weight excluding hydrogens is 608 g/mol. The predicted molar refractivity (Wildman–Crippen MR) is 194 cm³/mol. The zero-order valence-electron chi connectivity index (χ0n) is 25.9. The molecule has 0 saturated carbocycles. The standard InChI is InChI=1S/C41H24N6O2/c48-40-31-22-27(39-43-37(25-12-4-1-5-13-25)42-38(44-39)26-14-6-2-7-15-26)20-21-34(31)46-36-24-35-30(23-32(36)41(49)47(40)46)29-18-10-11-19-33(29)45(35)28-16-8-3-9-17-28/h1-24H. The van der Waals surface area contributed by atoms with Crippen LogP contribution in [0.1, 0.15) is 0 Å². The third kappa shape index (κ3) is 4.01. The molecule has 0 amide bonds. The van der Waals surface area contributed by atoms with Crippen LogP contribution >= 0.6 is 0 Å². The number of nitrogens with zero attached hydrogens (tertiary/aromatic N) is 6. The number of rotatable bonds is 4. The van der Waals surface area contributed by atoms with Crippen LogP contribution in [0.15, 0.2) is 155 Å². The third-order valence-corrected chi connectivity index (χ3v) is 9.26. The first kappa shape index (κ1) is 27.2. The van der Waals surface area contributed by atoms with Crippen molar-refractivity contribution in [2.24, 2.45) is 0 Å². The summed E-state index contributed by atoms with van der Waals surface area (Å²) in [6, 6.07) is 47.3. The topological polar surface area (TPSA) is 86.6 Å². The molecule has 0 atom stereocenters. The maximum absolute atomic E-state index is 14.1. The molecule has 0 fully saturated rings. The Morgan fingerprint density at radius 3 is 1.57 bits per heavy atom. The molecule has 0 saturated heterocycles. The lowest BCUT2D eigenvalue weighted by atomic mass is 10.1. The van der Waals surface area contributed by atoms with E-state index in [1.54, 1.807) is 10.6 Å². The fourth-order valence-corrected chi connectivity index (χ4v) is 7.02. The summed E-state index contributed by atoms with van der Waals surface area (Å²) in [5, 5.41) is 2.89. The summed E-state index contributed by atoms with van der Waals surface area (Å²) in [4.78, 5) is 42.5. The van der Waals surface area contributed by atoms with Crippen molar-refractivity contribution in [1.82, 2.24) is 28.5 Å². The fraction of sp³-hybridized carbons (Fsp3) is 0. The van der Waals surface area contributed by atoms with E-state index in [1.165, 1.54) is 4.52 Å². The second-order valence-corrected chi connectivity index (χ2v) is 12.1. The van der Waals surface area contributed by atoms with E-state index in [9.17, 15) is 9.59 Å². The van der Waals surface area contributed by atoms with Gasteiger partial charge in [0.05, 0.1) is 32.8 Å². The summed E-state index contributed by atoms with van der Waals surface area (Å²) in [6.07, 6.45) is 0. The predicted octanol–water partition coefficient (Wildman–Crippen LogP) is 7.79. The van der Waals surface area contributed by atoms with Crippen LogP contribution in [0.25, 0.3) is 83.5 Å². The lowest BCUT2D eigenvalue weighted by molar-refractivity contribution is 0.841. The first-order valence-corrected chi connectivity index (χ1v) is 16.0. The lowest BCUT2D eigenvalue weighted by Crippen LogP contribution is -2.21. The largest absolute Gasteiger partial charge is 0.309 e. The molecule has 8 heteroatoms. The maximum atomic E-state index is 14.1. The molecule has 4 aromatic heterocycles. The molecule has 0 bridgehead atoms. The van der Waals surface area contributed by atoms with E-state index in [2.05, 4.69) is 28.8 Å². The van der Waals surface area contributed by atoms with Crippen molar-refractivity contribution in [3.05, 3.63) is 166 Å². The molecule has 0 radical (unpaired) electrons. The molecule has 8 nitrogen and oxygen atoms in total. The Hall–Kier alpha value is -6.93. The number of hydrogen-bond donors (Lipinski definition) is 0. The zero-order valence-corrected chi connectivity index (χ0v) is 25.9. The number of para-hydroxylation sites is 2. The Bertz CT molecular complexity index is 2960. The minimum absolute atomic E-state index is 0.353. The highest BCUT2D eigenvalue weighted by atomic mass is 16.2. The van der Waals surface area contributed by atoms with Gasteiger partial charge in [0.15, 0.2) is 17.5 Å². The molecule has 0 aliphatic rings. The Kier molecular flexibility index (Phi) is 5.71. The van der Waals surface area contributed by atoms with Gasteiger partial charge >= 0.3 is 0 Å². The number of benzene rings is 6. The zero-order chi connectivity index (χ0) is 32.6. The van der Waals surface area contributed by atoms with Gasteiger partial charge in [-0.05, 0) is 48.5 Å². The molecule has 6 aromatic carbocycles. The number of fused-ring (bicyclic) bond motifs is 8. The Balaban J connectivity index is 1.22. The second kappa shape index (κ2) is 10.3. The lowest BCUT2D eigenvalue weighted by Gasteiger charge is -2.08. The number of hydrogen-bond acceptors (Lipinski definition) is 5. The summed E-state index contributed by atoms with van der Waals surface area (Å²) < 4.78 is 5.18. The van der Waals surface area contributed by atoms with Crippen LogP contribution in [0.3, 0.4) is 0 Å². The molecular formula is C41H24N6O2. The van der Waals surface area contributed by atoms with Gasteiger partial charge in [0, 0.05) is 33.2 Å². The SMILES string of the molecule is O=c1c2cc(-c3nc(-c4ccccc4)nc(-c4ccccc4)n3)ccc2n2c3cc4c(cc3c(=O)n12)c1ccccc1n4-c1ccccc1. The highest BCUT2D eigenvalue weighted by molar-refractivity contribution is 6.13. The van der Waals surface area contributed by atoms with Crippen molar-refractivity contribution in [3.63, 3.8) is 0 Å². The molecule has 0 aliphatic carbocycles. The molecule has 230 valence electrons. The molecule has 49 heavy (non-hydrogen) atoms. The van der Waals surface area contributed by atoms with E-state index in [4.69, 9.17) is 15.0 Å². The van der Waals surface area contributed by atoms with E-state index in [1.807, 2.05) is 115 Å². The van der Waals surface area contributed by atoms with Gasteiger partial charge in [-0.15, -0.1) is 0 Å². The Morgan fingerprint density at radius 1 is 0.367 bits per heavy atom. The highest BCUT2D eigenvalue weighted by Crippen LogP contribution is 2.35. The van der Waals surface area contributed by atoms with Crippen LogP contribution < -0.4 is 11.1 Å². The highest BCUT2D eigenvalue weighted by Gasteiger charge is 2.22. The van der Waals surface area contributed by atoms with Crippen LogP contribution in [0.4, 0.5) is 0 Å². The van der Waals surface area contributed by atoms with Gasteiger partial charge in [0.1, 0.15) is 0 Å². The smallest absolute Gasteiger partial charge is 0.282 e. The van der Waals surface area contributed by atoms with Crippen molar-refractivity contribution in [2.45, 2.75) is 0 Å². The average molecular weight is 633 g/mol. The van der Waals surface area contributed by atoms with Crippen LogP contribution in [0.5, 0.6) is 0 Å². The summed E-state index contributed by atoms with van der Waals surface area (Å²) in [5.74, 6) is 1.50. The summed E-state index contributed by atoms with van der Waals surface area (Å²) >= 11 is 0. The van der Waals surface area contributed by atoms with E-state index >= 15 is 0 Å². The first-order valence-electron chi connectivity index (χ1n) is 16.0. The van der Waals surface area contributed by atoms with Gasteiger partial charge in [-0.2, -0.15) is 4.52 Å². The molecule has 0 spiro atoms. The van der Waals surface area contributed by atoms with E-state index in [0.29, 0.717) is 44.8 Å². The molecule has 0 aliphatic heterocycles. The van der Waals surface area contributed by atoms with Gasteiger partial charge in [-0.1, -0.05) is 97.1 Å². The maximum Gasteiger partial charge on any atom is 0.282 e. The van der Waals surface area contributed by atoms with E-state index < -0.39 is 0 Å². The van der Waals surface area contributed by atoms with Gasteiger partial charge in [-0.25, -0.2) is 19.5 Å². The fourth-order valence-electron chi connectivity index (χ4n) is 7.02. The third-order valence-electron chi connectivity index (χ3n) is 9.26. The van der Waals surface area contributed by atoms with Crippen molar-refractivity contribution < 1.29 is 0 Å². The molecule has 0 unspecified atom stereocenters. The first-order chi connectivity index (χ1) is 24.1. The average Bonchev–Trinajstić information content (AvgIpc) is 3.76. The van der Waals surface area contributed by atoms with Crippen LogP contribution in [-0.2, 0) is 0 Å².